The van der Waals surface area contributed by atoms with Crippen molar-refractivity contribution in [3.63, 3.8) is 0 Å². The maximum Gasteiger partial charge on any atom is 0.373 e. The number of rotatable bonds is 6. The summed E-state index contributed by atoms with van der Waals surface area (Å²) in [7, 11) is 0. The second-order valence-corrected chi connectivity index (χ2v) is 8.66. The van der Waals surface area contributed by atoms with Gasteiger partial charge in [-0.05, 0) is 50.9 Å². The van der Waals surface area contributed by atoms with Gasteiger partial charge >= 0.3 is 11.8 Å². The van der Waals surface area contributed by atoms with E-state index in [1.54, 1.807) is 0 Å². The van der Waals surface area contributed by atoms with Gasteiger partial charge in [-0.3, -0.25) is 0 Å². The SMILES string of the molecule is CC(C)(C)CCCC1(C(=O)OC(C)(C)C2CCCCC2)OO1. The van der Waals surface area contributed by atoms with E-state index >= 15 is 0 Å². The maximum absolute atomic E-state index is 12.5. The van der Waals surface area contributed by atoms with Crippen molar-refractivity contribution < 1.29 is 19.3 Å². The highest BCUT2D eigenvalue weighted by atomic mass is 17.4. The van der Waals surface area contributed by atoms with Crippen LogP contribution in [0.1, 0.15) is 86.0 Å². The Kier molecular flexibility index (Phi) is 5.23. The van der Waals surface area contributed by atoms with Gasteiger partial charge in [0.15, 0.2) is 0 Å². The molecule has 22 heavy (non-hydrogen) atoms. The minimum atomic E-state index is -1.13. The minimum absolute atomic E-state index is 0.251. The average molecular weight is 312 g/mol. The molecule has 0 aromatic heterocycles. The normalized spacial score (nSPS) is 22.4. The molecule has 4 nitrogen and oxygen atoms in total. The maximum atomic E-state index is 12.5. The smallest absolute Gasteiger partial charge is 0.373 e. The van der Waals surface area contributed by atoms with Crippen molar-refractivity contribution in [1.29, 1.82) is 0 Å². The van der Waals surface area contributed by atoms with Crippen LogP contribution in [-0.4, -0.2) is 17.4 Å². The van der Waals surface area contributed by atoms with E-state index in [0.717, 1.165) is 25.7 Å². The molecule has 128 valence electrons. The van der Waals surface area contributed by atoms with Crippen LogP contribution in [-0.2, 0) is 19.3 Å². The van der Waals surface area contributed by atoms with Crippen LogP contribution in [0, 0.1) is 11.3 Å². The van der Waals surface area contributed by atoms with Crippen molar-refractivity contribution in [1.82, 2.24) is 0 Å². The van der Waals surface area contributed by atoms with E-state index in [0.29, 0.717) is 12.3 Å². The van der Waals surface area contributed by atoms with Gasteiger partial charge in [-0.25, -0.2) is 4.79 Å². The molecular formula is C18H32O4. The van der Waals surface area contributed by atoms with Crippen LogP contribution >= 0.6 is 0 Å². The second kappa shape index (κ2) is 6.48. The highest BCUT2D eigenvalue weighted by Crippen LogP contribution is 2.41. The summed E-state index contributed by atoms with van der Waals surface area (Å²) in [5, 5.41) is 0. The number of ether oxygens (including phenoxy) is 1. The van der Waals surface area contributed by atoms with Crippen LogP contribution in [0.4, 0.5) is 0 Å². The van der Waals surface area contributed by atoms with Gasteiger partial charge in [0.1, 0.15) is 5.60 Å². The van der Waals surface area contributed by atoms with Gasteiger partial charge in [0, 0.05) is 6.42 Å². The van der Waals surface area contributed by atoms with Gasteiger partial charge in [-0.15, -0.1) is 0 Å². The van der Waals surface area contributed by atoms with Gasteiger partial charge in [0.2, 0.25) is 0 Å². The van der Waals surface area contributed by atoms with Crippen molar-refractivity contribution in [2.75, 3.05) is 0 Å². The Labute approximate surface area is 134 Å². The van der Waals surface area contributed by atoms with Gasteiger partial charge < -0.3 is 4.74 Å². The molecule has 0 unspecified atom stereocenters. The molecule has 2 aliphatic rings. The number of esters is 1. The van der Waals surface area contributed by atoms with E-state index < -0.39 is 11.4 Å². The largest absolute Gasteiger partial charge is 0.455 e. The molecule has 0 radical (unpaired) electrons. The number of hydrogen-bond donors (Lipinski definition) is 0. The zero-order chi connectivity index (χ0) is 16.4. The van der Waals surface area contributed by atoms with E-state index in [4.69, 9.17) is 14.5 Å². The summed E-state index contributed by atoms with van der Waals surface area (Å²) in [6, 6.07) is 0. The Morgan fingerprint density at radius 3 is 2.18 bits per heavy atom. The quantitative estimate of drug-likeness (QED) is 0.403. The summed E-state index contributed by atoms with van der Waals surface area (Å²) >= 11 is 0. The molecule has 1 heterocycles. The molecule has 0 aromatic rings. The standard InChI is InChI=1S/C18H32O4/c1-16(2,3)12-9-13-18(21-22-18)15(19)20-17(4,5)14-10-7-6-8-11-14/h14H,6-13H2,1-5H3. The molecule has 0 bridgehead atoms. The summed E-state index contributed by atoms with van der Waals surface area (Å²) in [5.41, 5.74) is -0.189. The lowest BCUT2D eigenvalue weighted by Gasteiger charge is -2.36. The Morgan fingerprint density at radius 2 is 1.68 bits per heavy atom. The molecule has 2 fully saturated rings. The first-order valence-corrected chi connectivity index (χ1v) is 8.75. The molecule has 1 saturated heterocycles. The van der Waals surface area contributed by atoms with Crippen LogP contribution in [0.25, 0.3) is 0 Å². The molecule has 0 N–H and O–H groups in total. The van der Waals surface area contributed by atoms with E-state index in [2.05, 4.69) is 20.8 Å². The van der Waals surface area contributed by atoms with E-state index in [9.17, 15) is 4.79 Å². The topological polar surface area (TPSA) is 51.4 Å². The highest BCUT2D eigenvalue weighted by molar-refractivity contribution is 5.79. The molecule has 0 spiro atoms. The molecule has 2 rings (SSSR count). The summed E-state index contributed by atoms with van der Waals surface area (Å²) in [6.07, 6.45) is 8.53. The minimum Gasteiger partial charge on any atom is -0.455 e. The van der Waals surface area contributed by atoms with Gasteiger partial charge in [-0.2, -0.15) is 9.78 Å². The molecule has 0 amide bonds. The fourth-order valence-corrected chi connectivity index (χ4v) is 3.35. The van der Waals surface area contributed by atoms with Gasteiger partial charge in [0.05, 0.1) is 0 Å². The Morgan fingerprint density at radius 1 is 1.09 bits per heavy atom. The predicted octanol–water partition coefficient (Wildman–Crippen LogP) is 4.76. The van der Waals surface area contributed by atoms with Gasteiger partial charge in [0.25, 0.3) is 0 Å². The van der Waals surface area contributed by atoms with Crippen molar-refractivity contribution in [3.8, 4) is 0 Å². The molecule has 0 aromatic carbocycles. The molecular weight excluding hydrogens is 280 g/mol. The molecule has 1 aliphatic heterocycles. The Bertz CT molecular complexity index is 384. The lowest BCUT2D eigenvalue weighted by Crippen LogP contribution is -2.42. The lowest BCUT2D eigenvalue weighted by atomic mass is 9.78. The fourth-order valence-electron chi connectivity index (χ4n) is 3.35. The van der Waals surface area contributed by atoms with Crippen molar-refractivity contribution >= 4 is 5.97 Å². The highest BCUT2D eigenvalue weighted by Gasteiger charge is 2.59. The Hall–Kier alpha value is -0.610. The van der Waals surface area contributed by atoms with Crippen LogP contribution in [0.3, 0.4) is 0 Å². The average Bonchev–Trinajstić information content (AvgIpc) is 3.19. The first kappa shape index (κ1) is 17.7. The van der Waals surface area contributed by atoms with Crippen LogP contribution in [0.2, 0.25) is 0 Å². The van der Waals surface area contributed by atoms with Gasteiger partial charge in [-0.1, -0.05) is 40.0 Å². The van der Waals surface area contributed by atoms with Crippen molar-refractivity contribution in [3.05, 3.63) is 0 Å². The molecule has 0 atom stereocenters. The van der Waals surface area contributed by atoms with E-state index in [-0.39, 0.29) is 11.4 Å². The van der Waals surface area contributed by atoms with Crippen molar-refractivity contribution in [2.24, 2.45) is 11.3 Å². The Balaban J connectivity index is 1.85. The third kappa shape index (κ3) is 4.69. The van der Waals surface area contributed by atoms with Crippen LogP contribution in [0.15, 0.2) is 0 Å². The number of carbonyl (C=O) groups excluding carboxylic acids is 1. The molecule has 4 heteroatoms. The lowest BCUT2D eigenvalue weighted by molar-refractivity contribution is -0.171. The second-order valence-electron chi connectivity index (χ2n) is 8.66. The first-order chi connectivity index (χ1) is 10.1. The molecule has 1 aliphatic carbocycles. The monoisotopic (exact) mass is 312 g/mol. The third-order valence-corrected chi connectivity index (χ3v) is 4.97. The first-order valence-electron chi connectivity index (χ1n) is 8.75. The third-order valence-electron chi connectivity index (χ3n) is 4.97. The molecule has 1 saturated carbocycles. The van der Waals surface area contributed by atoms with Crippen LogP contribution < -0.4 is 0 Å². The van der Waals surface area contributed by atoms with Crippen LogP contribution in [0.5, 0.6) is 0 Å². The summed E-state index contributed by atoms with van der Waals surface area (Å²) in [6.45, 7) is 10.6. The zero-order valence-electron chi connectivity index (χ0n) is 14.9. The predicted molar refractivity (Wildman–Crippen MR) is 85.0 cm³/mol. The summed E-state index contributed by atoms with van der Waals surface area (Å²) < 4.78 is 5.80. The van der Waals surface area contributed by atoms with E-state index in [1.807, 2.05) is 13.8 Å². The fraction of sp³-hybridized carbons (Fsp3) is 0.944. The summed E-state index contributed by atoms with van der Waals surface area (Å²) in [4.78, 5) is 22.5. The number of hydrogen-bond acceptors (Lipinski definition) is 4. The van der Waals surface area contributed by atoms with E-state index in [1.165, 1.54) is 19.3 Å². The van der Waals surface area contributed by atoms with Crippen molar-refractivity contribution in [2.45, 2.75) is 97.4 Å². The zero-order valence-corrected chi connectivity index (χ0v) is 14.9. The summed E-state index contributed by atoms with van der Waals surface area (Å²) in [5.74, 6) is -1.04. The number of carbonyl (C=O) groups is 1.